The highest BCUT2D eigenvalue weighted by Crippen LogP contribution is 2.24. The van der Waals surface area contributed by atoms with Gasteiger partial charge in [0.15, 0.2) is 0 Å². The third-order valence-corrected chi connectivity index (χ3v) is 3.46. The lowest BCUT2D eigenvalue weighted by Gasteiger charge is -2.13. The molecule has 0 heterocycles. The van der Waals surface area contributed by atoms with Crippen molar-refractivity contribution in [3.63, 3.8) is 0 Å². The molecule has 0 saturated carbocycles. The minimum absolute atomic E-state index is 0.305. The van der Waals surface area contributed by atoms with E-state index in [1.54, 1.807) is 0 Å². The number of nitrogens with one attached hydrogen (secondary N) is 1. The van der Waals surface area contributed by atoms with E-state index < -0.39 is 0 Å². The van der Waals surface area contributed by atoms with Gasteiger partial charge in [0.1, 0.15) is 4.99 Å². The smallest absolute Gasteiger partial charge is 0.107 e. The van der Waals surface area contributed by atoms with Gasteiger partial charge in [-0.1, -0.05) is 18.3 Å². The second-order valence-corrected chi connectivity index (χ2v) is 5.87. The maximum Gasteiger partial charge on any atom is 0.107 e. The van der Waals surface area contributed by atoms with E-state index in [0.29, 0.717) is 11.1 Å². The number of nitrogens with two attached hydrogens (primary N) is 1. The highest BCUT2D eigenvalue weighted by Gasteiger charge is 2.08. The Bertz CT molecular complexity index is 424. The number of halogens is 1. The minimum Gasteiger partial charge on any atom is -0.389 e. The molecule has 1 rings (SSSR count). The van der Waals surface area contributed by atoms with Gasteiger partial charge in [-0.15, -0.1) is 0 Å². The number of benzene rings is 1. The standard InChI is InChI=1S/C14H21BrN2OS/c1-10(2)18-9-4-3-8-17-12-7-5-6-11(15)13(12)14(16)19/h5-7,10,17H,3-4,8-9H2,1-2H3,(H2,16,19). The maximum atomic E-state index is 5.74. The Morgan fingerprint density at radius 2 is 2.16 bits per heavy atom. The highest BCUT2D eigenvalue weighted by molar-refractivity contribution is 9.10. The quantitative estimate of drug-likeness (QED) is 0.557. The van der Waals surface area contributed by atoms with Crippen LogP contribution < -0.4 is 11.1 Å². The van der Waals surface area contributed by atoms with Gasteiger partial charge in [-0.25, -0.2) is 0 Å². The molecule has 0 aromatic heterocycles. The molecule has 0 fully saturated rings. The second-order valence-electron chi connectivity index (χ2n) is 4.58. The van der Waals surface area contributed by atoms with Crippen molar-refractivity contribution in [1.82, 2.24) is 0 Å². The summed E-state index contributed by atoms with van der Waals surface area (Å²) in [6.45, 7) is 5.79. The molecule has 0 amide bonds. The van der Waals surface area contributed by atoms with E-state index in [-0.39, 0.29) is 0 Å². The molecule has 19 heavy (non-hydrogen) atoms. The first-order valence-corrected chi connectivity index (χ1v) is 7.66. The van der Waals surface area contributed by atoms with Gasteiger partial charge in [-0.3, -0.25) is 0 Å². The summed E-state index contributed by atoms with van der Waals surface area (Å²) in [5, 5.41) is 3.37. The lowest BCUT2D eigenvalue weighted by molar-refractivity contribution is 0.0765. The normalized spacial score (nSPS) is 10.7. The van der Waals surface area contributed by atoms with Crippen LogP contribution in [0.15, 0.2) is 22.7 Å². The van der Waals surface area contributed by atoms with Crippen molar-refractivity contribution in [2.75, 3.05) is 18.5 Å². The zero-order chi connectivity index (χ0) is 14.3. The molecule has 3 nitrogen and oxygen atoms in total. The topological polar surface area (TPSA) is 47.3 Å². The molecule has 1 aromatic rings. The lowest BCUT2D eigenvalue weighted by atomic mass is 10.1. The first-order chi connectivity index (χ1) is 9.02. The Kier molecular flexibility index (Phi) is 7.34. The van der Waals surface area contributed by atoms with Crippen LogP contribution in [0.2, 0.25) is 0 Å². The Morgan fingerprint density at radius 3 is 2.79 bits per heavy atom. The van der Waals surface area contributed by atoms with Crippen LogP contribution in [0.5, 0.6) is 0 Å². The van der Waals surface area contributed by atoms with Crippen LogP contribution in [-0.4, -0.2) is 24.2 Å². The van der Waals surface area contributed by atoms with Crippen molar-refractivity contribution in [1.29, 1.82) is 0 Å². The minimum atomic E-state index is 0.305. The van der Waals surface area contributed by atoms with Gasteiger partial charge in [-0.2, -0.15) is 0 Å². The summed E-state index contributed by atoms with van der Waals surface area (Å²) in [7, 11) is 0. The van der Waals surface area contributed by atoms with Crippen molar-refractivity contribution in [3.05, 3.63) is 28.2 Å². The van der Waals surface area contributed by atoms with Crippen molar-refractivity contribution in [2.24, 2.45) is 5.73 Å². The number of thiocarbonyl (C=S) groups is 1. The van der Waals surface area contributed by atoms with Crippen molar-refractivity contribution < 1.29 is 4.74 Å². The molecule has 0 unspecified atom stereocenters. The van der Waals surface area contributed by atoms with Crippen LogP contribution in [0.25, 0.3) is 0 Å². The van der Waals surface area contributed by atoms with Crippen LogP contribution in [0.1, 0.15) is 32.3 Å². The number of hydrogen-bond acceptors (Lipinski definition) is 3. The van der Waals surface area contributed by atoms with E-state index in [2.05, 4.69) is 21.2 Å². The fourth-order valence-electron chi connectivity index (χ4n) is 1.69. The van der Waals surface area contributed by atoms with Crippen LogP contribution in [0.3, 0.4) is 0 Å². The highest BCUT2D eigenvalue weighted by atomic mass is 79.9. The Hall–Kier alpha value is -0.650. The molecule has 0 aliphatic rings. The van der Waals surface area contributed by atoms with E-state index in [1.807, 2.05) is 32.0 Å². The van der Waals surface area contributed by atoms with Crippen LogP contribution in [0.4, 0.5) is 5.69 Å². The summed E-state index contributed by atoms with van der Waals surface area (Å²) in [6, 6.07) is 5.90. The fraction of sp³-hybridized carbons (Fsp3) is 0.500. The van der Waals surface area contributed by atoms with Gasteiger partial charge in [-0.05, 0) is 54.8 Å². The zero-order valence-corrected chi connectivity index (χ0v) is 13.8. The maximum absolute atomic E-state index is 5.74. The summed E-state index contributed by atoms with van der Waals surface area (Å²) in [6.07, 6.45) is 2.40. The Labute approximate surface area is 129 Å². The van der Waals surface area contributed by atoms with Gasteiger partial charge >= 0.3 is 0 Å². The predicted octanol–water partition coefficient (Wildman–Crippen LogP) is 3.70. The summed E-state index contributed by atoms with van der Waals surface area (Å²) < 4.78 is 6.42. The summed E-state index contributed by atoms with van der Waals surface area (Å²) >= 11 is 8.54. The molecule has 1 aromatic carbocycles. The van der Waals surface area contributed by atoms with Crippen molar-refractivity contribution in [3.8, 4) is 0 Å². The zero-order valence-electron chi connectivity index (χ0n) is 11.4. The molecule has 0 bridgehead atoms. The first-order valence-electron chi connectivity index (χ1n) is 6.46. The van der Waals surface area contributed by atoms with Gasteiger partial charge in [0.25, 0.3) is 0 Å². The average molecular weight is 345 g/mol. The number of anilines is 1. The van der Waals surface area contributed by atoms with Crippen molar-refractivity contribution >= 4 is 38.8 Å². The van der Waals surface area contributed by atoms with Crippen LogP contribution in [0, 0.1) is 0 Å². The van der Waals surface area contributed by atoms with Crippen molar-refractivity contribution in [2.45, 2.75) is 32.8 Å². The number of ether oxygens (including phenoxy) is 1. The van der Waals surface area contributed by atoms with Crippen LogP contribution >= 0.6 is 28.1 Å². The van der Waals surface area contributed by atoms with E-state index in [9.17, 15) is 0 Å². The molecule has 0 radical (unpaired) electrons. The average Bonchev–Trinajstić information content (AvgIpc) is 2.32. The summed E-state index contributed by atoms with van der Waals surface area (Å²) in [5.74, 6) is 0. The van der Waals surface area contributed by atoms with Gasteiger partial charge in [0.05, 0.1) is 6.10 Å². The molecule has 3 N–H and O–H groups in total. The van der Waals surface area contributed by atoms with Crippen LogP contribution in [-0.2, 0) is 4.74 Å². The SMILES string of the molecule is CC(C)OCCCCNc1cccc(Br)c1C(N)=S. The lowest BCUT2D eigenvalue weighted by Crippen LogP contribution is -2.15. The molecule has 106 valence electrons. The molecular weight excluding hydrogens is 324 g/mol. The van der Waals surface area contributed by atoms with E-state index in [4.69, 9.17) is 22.7 Å². The number of hydrogen-bond donors (Lipinski definition) is 2. The van der Waals surface area contributed by atoms with E-state index in [0.717, 1.165) is 41.7 Å². The molecule has 0 atom stereocenters. The molecular formula is C14H21BrN2OS. The van der Waals surface area contributed by atoms with Gasteiger partial charge in [0, 0.05) is 28.9 Å². The summed E-state index contributed by atoms with van der Waals surface area (Å²) in [4.78, 5) is 0.401. The number of rotatable bonds is 8. The largest absolute Gasteiger partial charge is 0.389 e. The second kappa shape index (κ2) is 8.51. The molecule has 0 aliphatic heterocycles. The molecule has 0 aliphatic carbocycles. The first kappa shape index (κ1) is 16.4. The van der Waals surface area contributed by atoms with E-state index in [1.165, 1.54) is 0 Å². The fourth-order valence-corrected chi connectivity index (χ4v) is 2.62. The van der Waals surface area contributed by atoms with Gasteiger partial charge in [0.2, 0.25) is 0 Å². The third-order valence-electron chi connectivity index (χ3n) is 2.60. The van der Waals surface area contributed by atoms with E-state index >= 15 is 0 Å². The molecule has 5 heteroatoms. The van der Waals surface area contributed by atoms with Gasteiger partial charge < -0.3 is 15.8 Å². The molecule has 0 spiro atoms. The summed E-state index contributed by atoms with van der Waals surface area (Å²) in [5.41, 5.74) is 7.59. The Balaban J connectivity index is 2.41. The predicted molar refractivity (Wildman–Crippen MR) is 88.8 cm³/mol. The monoisotopic (exact) mass is 344 g/mol. The Morgan fingerprint density at radius 1 is 1.42 bits per heavy atom. The third kappa shape index (κ3) is 5.89. The molecule has 0 saturated heterocycles. The number of unbranched alkanes of at least 4 members (excludes halogenated alkanes) is 1.